The fourth-order valence-corrected chi connectivity index (χ4v) is 0.667. The van der Waals surface area contributed by atoms with Gasteiger partial charge in [0.1, 0.15) is 25.4 Å². The van der Waals surface area contributed by atoms with Gasteiger partial charge in [0.2, 0.25) is 0 Å². The van der Waals surface area contributed by atoms with E-state index in [-0.39, 0.29) is 42.1 Å². The lowest BCUT2D eigenvalue weighted by Crippen LogP contribution is -2.15. The Labute approximate surface area is 158 Å². The van der Waals surface area contributed by atoms with E-state index in [0.29, 0.717) is 0 Å². The van der Waals surface area contributed by atoms with Crippen molar-refractivity contribution in [2.75, 3.05) is 13.2 Å². The highest BCUT2D eigenvalue weighted by molar-refractivity contribution is 5.94. The van der Waals surface area contributed by atoms with Crippen molar-refractivity contribution in [1.82, 2.24) is 0 Å². The average molecular weight is 386 g/mol. The third-order valence-corrected chi connectivity index (χ3v) is 2.05. The molecule has 0 atom stereocenters. The summed E-state index contributed by atoms with van der Waals surface area (Å²) < 4.78 is 9.27. The third-order valence-electron chi connectivity index (χ3n) is 2.05. The first-order valence-electron chi connectivity index (χ1n) is 7.47. The van der Waals surface area contributed by atoms with E-state index in [0.717, 1.165) is 0 Å². The molecule has 0 aromatic heterocycles. The van der Waals surface area contributed by atoms with Crippen LogP contribution >= 0.6 is 0 Å². The molecular weight excluding hydrogens is 360 g/mol. The number of ether oxygens (including phenoxy) is 2. The number of rotatable bonds is 8. The van der Waals surface area contributed by atoms with E-state index >= 15 is 0 Å². The Bertz CT molecular complexity index is 552. The summed E-state index contributed by atoms with van der Waals surface area (Å²) >= 11 is 0. The second-order valence-corrected chi connectivity index (χ2v) is 5.19. The van der Waals surface area contributed by atoms with Crippen molar-refractivity contribution < 1.29 is 43.7 Å². The minimum Gasteiger partial charge on any atom is -0.478 e. The van der Waals surface area contributed by atoms with Crippen LogP contribution in [0.3, 0.4) is 0 Å². The predicted molar refractivity (Wildman–Crippen MR) is 96.9 cm³/mol. The molecule has 2 N–H and O–H groups in total. The van der Waals surface area contributed by atoms with Crippen LogP contribution < -0.4 is 0 Å². The molecule has 0 fully saturated rings. The summed E-state index contributed by atoms with van der Waals surface area (Å²) in [6.07, 6.45) is -0.256. The quantitative estimate of drug-likeness (QED) is 0.276. The Hall–Kier alpha value is -3.23. The zero-order chi connectivity index (χ0) is 22.2. The first-order chi connectivity index (χ1) is 12.2. The fraction of sp³-hybridized carbons (Fsp3) is 0.389. The van der Waals surface area contributed by atoms with E-state index in [4.69, 9.17) is 10.2 Å². The number of esters is 2. The average Bonchev–Trinajstić information content (AvgIpc) is 2.51. The molecule has 0 aromatic rings. The van der Waals surface area contributed by atoms with Crippen molar-refractivity contribution in [1.29, 1.82) is 0 Å². The summed E-state index contributed by atoms with van der Waals surface area (Å²) in [5.74, 6) is -3.28. The topological polar surface area (TPSA) is 144 Å². The molecule has 27 heavy (non-hydrogen) atoms. The molecule has 0 heterocycles. The van der Waals surface area contributed by atoms with Crippen LogP contribution in [0.25, 0.3) is 0 Å². The van der Waals surface area contributed by atoms with Crippen molar-refractivity contribution in [3.05, 3.63) is 36.5 Å². The second-order valence-electron chi connectivity index (χ2n) is 5.19. The zero-order valence-corrected chi connectivity index (χ0v) is 16.0. The molecule has 0 aromatic carbocycles. The maximum absolute atomic E-state index is 10.8. The summed E-state index contributed by atoms with van der Waals surface area (Å²) in [5.41, 5.74) is 0.634. The van der Waals surface area contributed by atoms with Crippen LogP contribution in [0.15, 0.2) is 36.5 Å². The maximum atomic E-state index is 10.8. The minimum atomic E-state index is -0.935. The summed E-state index contributed by atoms with van der Waals surface area (Å²) in [7, 11) is 0. The monoisotopic (exact) mass is 386 g/mol. The number of carbonyl (C=O) groups excluding carboxylic acids is 3. The standard InChI is InChI=1S/C10H14O5.2C4H6O2/c1-7(2)10(13)15-5-4-14-9(12)6-8(3)11;2*1-3(2)4(5)6/h1,4-6H2,2-3H3;2*1H2,2H3,(H,5,6). The lowest BCUT2D eigenvalue weighted by atomic mass is 10.3. The van der Waals surface area contributed by atoms with Gasteiger partial charge in [0.05, 0.1) is 0 Å². The highest BCUT2D eigenvalue weighted by atomic mass is 16.6. The van der Waals surface area contributed by atoms with E-state index in [1.54, 1.807) is 0 Å². The number of carbonyl (C=O) groups is 5. The van der Waals surface area contributed by atoms with Crippen LogP contribution in [0.4, 0.5) is 0 Å². The second kappa shape index (κ2) is 16.2. The lowest BCUT2D eigenvalue weighted by molar-refractivity contribution is -0.151. The number of Topliss-reactive ketones (excluding diaryl/α,β-unsaturated/α-hetero) is 1. The van der Waals surface area contributed by atoms with E-state index in [1.807, 2.05) is 0 Å². The van der Waals surface area contributed by atoms with Gasteiger partial charge in [0.25, 0.3) is 0 Å². The van der Waals surface area contributed by atoms with Gasteiger partial charge in [-0.2, -0.15) is 0 Å². The molecule has 0 aliphatic rings. The smallest absolute Gasteiger partial charge is 0.333 e. The lowest BCUT2D eigenvalue weighted by Gasteiger charge is -2.05. The van der Waals surface area contributed by atoms with Crippen LogP contribution in [0, 0.1) is 0 Å². The summed E-state index contributed by atoms with van der Waals surface area (Å²) in [6, 6.07) is 0. The molecule has 0 aliphatic heterocycles. The molecule has 0 aliphatic carbocycles. The number of ketones is 1. The number of hydrogen-bond acceptors (Lipinski definition) is 7. The Kier molecular flexibility index (Phi) is 17.2. The molecule has 9 heteroatoms. The first-order valence-corrected chi connectivity index (χ1v) is 7.47. The van der Waals surface area contributed by atoms with Crippen LogP contribution in [-0.2, 0) is 33.4 Å². The predicted octanol–water partition coefficient (Wildman–Crippen LogP) is 1.92. The van der Waals surface area contributed by atoms with Gasteiger partial charge in [-0.15, -0.1) is 0 Å². The van der Waals surface area contributed by atoms with E-state index < -0.39 is 23.9 Å². The molecule has 0 unspecified atom stereocenters. The molecular formula is C18H26O9. The van der Waals surface area contributed by atoms with Crippen LogP contribution in [0.5, 0.6) is 0 Å². The van der Waals surface area contributed by atoms with Gasteiger partial charge in [-0.05, 0) is 27.7 Å². The van der Waals surface area contributed by atoms with Gasteiger partial charge in [-0.25, -0.2) is 14.4 Å². The zero-order valence-electron chi connectivity index (χ0n) is 16.0. The Balaban J connectivity index is -0.000000394. The molecule has 9 nitrogen and oxygen atoms in total. The van der Waals surface area contributed by atoms with Gasteiger partial charge >= 0.3 is 23.9 Å². The highest BCUT2D eigenvalue weighted by Gasteiger charge is 2.07. The van der Waals surface area contributed by atoms with Crippen LogP contribution in [0.2, 0.25) is 0 Å². The number of carboxylic acids is 2. The maximum Gasteiger partial charge on any atom is 0.333 e. The van der Waals surface area contributed by atoms with Gasteiger partial charge in [-0.3, -0.25) is 9.59 Å². The van der Waals surface area contributed by atoms with Crippen LogP contribution in [-0.4, -0.2) is 53.1 Å². The first kappa shape index (κ1) is 28.6. The van der Waals surface area contributed by atoms with E-state index in [1.165, 1.54) is 27.7 Å². The largest absolute Gasteiger partial charge is 0.478 e. The Morgan fingerprint density at radius 3 is 1.30 bits per heavy atom. The van der Waals surface area contributed by atoms with E-state index in [9.17, 15) is 24.0 Å². The third kappa shape index (κ3) is 25.1. The fourth-order valence-electron chi connectivity index (χ4n) is 0.667. The molecule has 0 amide bonds. The van der Waals surface area contributed by atoms with Crippen molar-refractivity contribution >= 4 is 29.7 Å². The van der Waals surface area contributed by atoms with Gasteiger partial charge in [0.15, 0.2) is 0 Å². The highest BCUT2D eigenvalue weighted by Crippen LogP contribution is 1.93. The Morgan fingerprint density at radius 1 is 0.704 bits per heavy atom. The van der Waals surface area contributed by atoms with E-state index in [2.05, 4.69) is 29.2 Å². The van der Waals surface area contributed by atoms with Gasteiger partial charge in [-0.1, -0.05) is 19.7 Å². The number of aliphatic carboxylic acids is 2. The Morgan fingerprint density at radius 2 is 1.04 bits per heavy atom. The molecule has 0 radical (unpaired) electrons. The van der Waals surface area contributed by atoms with Gasteiger partial charge < -0.3 is 19.7 Å². The van der Waals surface area contributed by atoms with Crippen molar-refractivity contribution in [2.24, 2.45) is 0 Å². The summed E-state index contributed by atoms with van der Waals surface area (Å²) in [6.45, 7) is 15.3. The van der Waals surface area contributed by atoms with Gasteiger partial charge in [0, 0.05) is 16.7 Å². The molecule has 0 saturated carbocycles. The van der Waals surface area contributed by atoms with Crippen LogP contribution in [0.1, 0.15) is 34.1 Å². The molecule has 152 valence electrons. The normalized spacial score (nSPS) is 8.44. The van der Waals surface area contributed by atoms with Crippen molar-refractivity contribution in [3.63, 3.8) is 0 Å². The molecule has 0 rings (SSSR count). The summed E-state index contributed by atoms with van der Waals surface area (Å²) in [4.78, 5) is 51.4. The van der Waals surface area contributed by atoms with Crippen molar-refractivity contribution in [3.8, 4) is 0 Å². The van der Waals surface area contributed by atoms with Crippen molar-refractivity contribution in [2.45, 2.75) is 34.1 Å². The molecule has 0 spiro atoms. The minimum absolute atomic E-state index is 0.0324. The number of carboxylic acid groups (broad SMARTS) is 2. The molecule has 0 saturated heterocycles. The number of hydrogen-bond donors (Lipinski definition) is 2. The summed E-state index contributed by atoms with van der Waals surface area (Å²) in [5, 5.41) is 15.8. The SMILES string of the molecule is C=C(C)C(=O)O.C=C(C)C(=O)O.C=C(C)C(=O)OCCOC(=O)CC(C)=O. The molecule has 0 bridgehead atoms.